The molecule has 18 nitrogen and oxygen atoms in total. The second-order valence-corrected chi connectivity index (χ2v) is 27.4. The molecular weight excluding hydrogens is 1320 g/mol. The third-order valence-corrected chi connectivity index (χ3v) is 20.1. The Kier molecular flexibility index (Phi) is 23.7. The Morgan fingerprint density at radius 2 is 0.899 bits per heavy atom. The van der Waals surface area contributed by atoms with Gasteiger partial charge in [0.15, 0.2) is 17.3 Å². The number of benzene rings is 6. The third kappa shape index (κ3) is 18.1. The maximum atomic E-state index is 14.7. The quantitative estimate of drug-likeness (QED) is 0.0449. The van der Waals surface area contributed by atoms with E-state index in [9.17, 15) is 47.5 Å². The van der Waals surface area contributed by atoms with Crippen molar-refractivity contribution in [2.45, 2.75) is 155 Å². The number of hydrogen-bond donors (Lipinski definition) is 6. The Balaban J connectivity index is 0.000000161. The lowest BCUT2D eigenvalue weighted by Gasteiger charge is -2.25. The van der Waals surface area contributed by atoms with Crippen LogP contribution in [-0.4, -0.2) is 99.1 Å². The van der Waals surface area contributed by atoms with Crippen molar-refractivity contribution in [1.82, 2.24) is 30.7 Å². The number of urea groups is 3. The van der Waals surface area contributed by atoms with E-state index in [1.165, 1.54) is 11.0 Å². The van der Waals surface area contributed by atoms with Crippen molar-refractivity contribution >= 4 is 105 Å². The molecule has 9 amide bonds. The Hall–Kier alpha value is -9.43. The number of carbonyl (C=O) groups excluding carboxylic acids is 9. The van der Waals surface area contributed by atoms with Crippen LogP contribution < -0.4 is 31.9 Å². The highest BCUT2D eigenvalue weighted by atomic mass is 35.5. The molecule has 3 atom stereocenters. The molecule has 0 saturated heterocycles. The fourth-order valence-corrected chi connectivity index (χ4v) is 13.9. The fraction of sp³-hybridized carbons (Fsp3) is 0.338. The summed E-state index contributed by atoms with van der Waals surface area (Å²) in [7, 11) is 0. The van der Waals surface area contributed by atoms with E-state index in [1.807, 2.05) is 69.3 Å². The van der Waals surface area contributed by atoms with Crippen LogP contribution in [0, 0.1) is 26.6 Å². The van der Waals surface area contributed by atoms with Gasteiger partial charge in [0.2, 0.25) is 0 Å². The zero-order valence-electron chi connectivity index (χ0n) is 55.8. The summed E-state index contributed by atoms with van der Waals surface area (Å²) < 4.78 is 14.7. The molecule has 6 aromatic carbocycles. The molecule has 3 heterocycles. The summed E-state index contributed by atoms with van der Waals surface area (Å²) >= 11 is 18.3. The van der Waals surface area contributed by atoms with Gasteiger partial charge >= 0.3 is 18.1 Å². The number of anilines is 3. The van der Waals surface area contributed by atoms with Gasteiger partial charge in [-0.2, -0.15) is 0 Å². The molecular formula is C77H81Cl3FN9O9. The number of Topliss-reactive ketones (excluding diaryl/α,β-unsaturated/α-hetero) is 3. The van der Waals surface area contributed by atoms with Gasteiger partial charge in [-0.3, -0.25) is 28.8 Å². The number of nitrogens with one attached hydrogen (secondary N) is 6. The number of aryl methyl sites for hydroxylation is 3. The molecule has 12 rings (SSSR count). The molecule has 3 unspecified atom stereocenters. The maximum Gasteiger partial charge on any atom is 0.319 e. The van der Waals surface area contributed by atoms with E-state index in [0.29, 0.717) is 120 Å². The largest absolute Gasteiger partial charge is 0.338 e. The number of halogens is 4. The number of carbonyl (C=O) groups is 9. The van der Waals surface area contributed by atoms with Gasteiger partial charge in [-0.05, 0) is 197 Å². The zero-order chi connectivity index (χ0) is 70.8. The molecule has 3 fully saturated rings. The number of hydrogen-bond acceptors (Lipinski definition) is 9. The molecule has 6 aliphatic rings. The molecule has 516 valence electrons. The van der Waals surface area contributed by atoms with Gasteiger partial charge in [-0.1, -0.05) is 114 Å². The molecule has 6 aromatic rings. The predicted molar refractivity (Wildman–Crippen MR) is 384 cm³/mol. The molecule has 0 radical (unpaired) electrons. The average molecular weight is 1400 g/mol. The van der Waals surface area contributed by atoms with Gasteiger partial charge in [0.1, 0.15) is 5.82 Å². The summed E-state index contributed by atoms with van der Waals surface area (Å²) in [6.45, 7) is 19.5. The minimum Gasteiger partial charge on any atom is -0.338 e. The predicted octanol–water partition coefficient (Wildman–Crippen LogP) is 15.2. The van der Waals surface area contributed by atoms with Gasteiger partial charge < -0.3 is 46.6 Å². The molecule has 22 heteroatoms. The zero-order valence-corrected chi connectivity index (χ0v) is 58.1. The van der Waals surface area contributed by atoms with Crippen LogP contribution in [0.15, 0.2) is 140 Å². The first-order chi connectivity index (χ1) is 47.4. The van der Waals surface area contributed by atoms with E-state index in [-0.39, 0.29) is 89.9 Å². The molecule has 6 N–H and O–H groups in total. The smallest absolute Gasteiger partial charge is 0.319 e. The van der Waals surface area contributed by atoms with E-state index < -0.39 is 17.9 Å². The summed E-state index contributed by atoms with van der Waals surface area (Å²) in [5, 5.41) is 18.3. The highest BCUT2D eigenvalue weighted by Crippen LogP contribution is 2.36. The van der Waals surface area contributed by atoms with Crippen molar-refractivity contribution in [1.29, 1.82) is 0 Å². The number of allylic oxidation sites excluding steroid dienone is 3. The van der Waals surface area contributed by atoms with Gasteiger partial charge in [0.25, 0.3) is 17.7 Å². The van der Waals surface area contributed by atoms with Crippen molar-refractivity contribution in [2.75, 3.05) is 29.0 Å². The minimum absolute atomic E-state index is 0.0195. The van der Waals surface area contributed by atoms with Crippen LogP contribution >= 0.6 is 34.8 Å². The van der Waals surface area contributed by atoms with Gasteiger partial charge in [-0.25, -0.2) is 18.8 Å². The number of amides is 9. The van der Waals surface area contributed by atoms with Crippen LogP contribution in [0.2, 0.25) is 15.1 Å². The Bertz CT molecular complexity index is 4270. The standard InChI is InChI=1S/2C26H28ClN3O3.C25H25ClFN3O3/c1-16-5-3-8-23(24(31)13-16)30-15-21-18(6-4-7-20(21)25(30)32)11-12-28-26(33)29-19-10-9-17(2)22(27)14-19;1-16-4-3-5-23(24(31)12-16)30-15-19-13-18(7-9-21(19)25(30)32)10-11-28-26(33)29-20-8-6-17(2)22(27)14-20;1-14-4-3-5-22(23(31)8-14)30-13-17-9-16(21(27)11-19(17)24(30)32)12-28-25(33)29-18-7-6-15(2)20(26)10-18/h4,6-7,9-10,14,23H,1,3,5,8,11-13,15H2,2H3,(H2,28,29,33);6-9,13-14,23H,1,3-5,10-12,15H2,2H3,(H2,28,29,33);6-7,9-11,22H,1,3-5,8,12-13H2,2H3,(H2,28,29,33). The van der Waals surface area contributed by atoms with Crippen LogP contribution in [0.4, 0.5) is 35.8 Å². The van der Waals surface area contributed by atoms with Crippen LogP contribution in [-0.2, 0) is 53.4 Å². The lowest BCUT2D eigenvalue weighted by atomic mass is 10.0. The minimum atomic E-state index is -0.580. The van der Waals surface area contributed by atoms with E-state index in [0.717, 1.165) is 94.2 Å². The monoisotopic (exact) mass is 1400 g/mol. The van der Waals surface area contributed by atoms with Crippen LogP contribution in [0.25, 0.3) is 0 Å². The second-order valence-electron chi connectivity index (χ2n) is 26.2. The normalized spacial score (nSPS) is 18.2. The van der Waals surface area contributed by atoms with E-state index in [4.69, 9.17) is 34.8 Å². The van der Waals surface area contributed by atoms with E-state index in [1.54, 1.807) is 58.3 Å². The number of ketones is 3. The van der Waals surface area contributed by atoms with E-state index in [2.05, 4.69) is 51.6 Å². The average Bonchev–Trinajstić information content (AvgIpc) is 1.65. The third-order valence-electron chi connectivity index (χ3n) is 18.8. The molecule has 3 aliphatic heterocycles. The van der Waals surface area contributed by atoms with Crippen molar-refractivity contribution in [2.24, 2.45) is 0 Å². The molecule has 3 aliphatic carbocycles. The van der Waals surface area contributed by atoms with Gasteiger partial charge in [0.05, 0.1) is 18.1 Å². The summed E-state index contributed by atoms with van der Waals surface area (Å²) in [5.74, 6) is -0.921. The van der Waals surface area contributed by atoms with Crippen LogP contribution in [0.3, 0.4) is 0 Å². The molecule has 3 saturated carbocycles. The first-order valence-corrected chi connectivity index (χ1v) is 34.5. The van der Waals surface area contributed by atoms with Crippen molar-refractivity contribution in [3.63, 3.8) is 0 Å². The fourth-order valence-electron chi connectivity index (χ4n) is 13.3. The Morgan fingerprint density at radius 3 is 1.37 bits per heavy atom. The van der Waals surface area contributed by atoms with E-state index >= 15 is 0 Å². The maximum absolute atomic E-state index is 14.7. The summed E-state index contributed by atoms with van der Waals surface area (Å²) in [4.78, 5) is 119. The van der Waals surface area contributed by atoms with Crippen molar-refractivity contribution in [3.8, 4) is 0 Å². The molecule has 0 bridgehead atoms. The highest BCUT2D eigenvalue weighted by molar-refractivity contribution is 6.32. The van der Waals surface area contributed by atoms with Gasteiger partial charge in [-0.15, -0.1) is 0 Å². The Labute approximate surface area is 591 Å². The number of fused-ring (bicyclic) bond motifs is 3. The number of rotatable bonds is 14. The lowest BCUT2D eigenvalue weighted by Crippen LogP contribution is -2.40. The highest BCUT2D eigenvalue weighted by Gasteiger charge is 2.41. The summed E-state index contributed by atoms with van der Waals surface area (Å²) in [6, 6.07) is 27.7. The molecule has 0 spiro atoms. The van der Waals surface area contributed by atoms with Crippen LogP contribution in [0.1, 0.15) is 158 Å². The lowest BCUT2D eigenvalue weighted by molar-refractivity contribution is -0.123. The summed E-state index contributed by atoms with van der Waals surface area (Å²) in [6.07, 6.45) is 9.15. The molecule has 99 heavy (non-hydrogen) atoms. The SMILES string of the molecule is C=C1CCCC(N2Cc3c(CCNC(=O)Nc4ccc(C)c(Cl)c4)cccc3C2=O)C(=O)C1.C=C1CCCC(N2Cc3cc(CCNC(=O)Nc4ccc(C)c(Cl)c4)ccc3C2=O)C(=O)C1.C=C1CCCC(N2Cc3cc(CNC(=O)Nc4ccc(C)c(Cl)c4)c(F)cc3C2=O)C(=O)C1. The second kappa shape index (κ2) is 32.5. The first-order valence-electron chi connectivity index (χ1n) is 33.4. The topological polar surface area (TPSA) is 236 Å². The molecule has 0 aromatic heterocycles. The van der Waals surface area contributed by atoms with Crippen molar-refractivity contribution < 1.29 is 47.5 Å². The van der Waals surface area contributed by atoms with Crippen molar-refractivity contribution in [3.05, 3.63) is 227 Å². The van der Waals surface area contributed by atoms with Gasteiger partial charge in [0, 0.05) is 113 Å². The summed E-state index contributed by atoms with van der Waals surface area (Å²) in [5.41, 5.74) is 13.8. The first kappa shape index (κ1) is 72.3. The van der Waals surface area contributed by atoms with Crippen LogP contribution in [0.5, 0.6) is 0 Å². The Morgan fingerprint density at radius 1 is 0.475 bits per heavy atom. The number of nitrogens with zero attached hydrogens (tertiary/aromatic N) is 3.